The van der Waals surface area contributed by atoms with Crippen molar-refractivity contribution in [3.63, 3.8) is 0 Å². The second-order valence-corrected chi connectivity index (χ2v) is 9.49. The number of halogens is 2. The highest BCUT2D eigenvalue weighted by molar-refractivity contribution is 9.10. The van der Waals surface area contributed by atoms with Crippen LogP contribution in [0.25, 0.3) is 0 Å². The summed E-state index contributed by atoms with van der Waals surface area (Å²) in [6, 6.07) is 5.40. The second kappa shape index (κ2) is 7.27. The Morgan fingerprint density at radius 3 is 2.48 bits per heavy atom. The molecule has 0 bridgehead atoms. The monoisotopic (exact) mass is 425 g/mol. The van der Waals surface area contributed by atoms with Gasteiger partial charge in [-0.2, -0.15) is 4.31 Å². The highest BCUT2D eigenvalue weighted by Crippen LogP contribution is 2.34. The van der Waals surface area contributed by atoms with Crippen LogP contribution in [0.4, 0.5) is 5.69 Å². The fourth-order valence-electron chi connectivity index (χ4n) is 2.64. The summed E-state index contributed by atoms with van der Waals surface area (Å²) in [5, 5.41) is 0. The lowest BCUT2D eigenvalue weighted by Crippen LogP contribution is -2.53. The minimum Gasteiger partial charge on any atom is -0.378 e. The predicted molar refractivity (Wildman–Crippen MR) is 101 cm³/mol. The molecule has 0 aliphatic carbocycles. The molecule has 132 valence electrons. The number of nitrogens with two attached hydrogens (primary N) is 1. The van der Waals surface area contributed by atoms with Crippen molar-refractivity contribution in [3.8, 4) is 0 Å². The lowest BCUT2D eigenvalue weighted by Gasteiger charge is -2.41. The van der Waals surface area contributed by atoms with E-state index in [1.807, 2.05) is 38.9 Å². The van der Waals surface area contributed by atoms with Crippen LogP contribution in [0, 0.1) is 5.41 Å². The van der Waals surface area contributed by atoms with Crippen LogP contribution in [0.3, 0.4) is 0 Å². The third kappa shape index (κ3) is 4.20. The molecule has 8 heteroatoms. The Bertz CT molecular complexity index is 665. The Morgan fingerprint density at radius 1 is 1.35 bits per heavy atom. The number of piperidine rings is 1. The molecule has 1 unspecified atom stereocenters. The molecular formula is C15H25BrClN3O2S. The van der Waals surface area contributed by atoms with Gasteiger partial charge in [0.05, 0.1) is 4.90 Å². The molecule has 0 amide bonds. The Labute approximate surface area is 153 Å². The van der Waals surface area contributed by atoms with Crippen molar-refractivity contribution >= 4 is 44.0 Å². The number of hydrogen-bond donors (Lipinski definition) is 1. The number of hydrogen-bond acceptors (Lipinski definition) is 4. The number of rotatable bonds is 3. The molecule has 1 aromatic carbocycles. The van der Waals surface area contributed by atoms with Crippen LogP contribution in [-0.2, 0) is 10.0 Å². The number of benzene rings is 1. The summed E-state index contributed by atoms with van der Waals surface area (Å²) in [6.07, 6.45) is 0.678. The minimum atomic E-state index is -3.54. The van der Waals surface area contributed by atoms with E-state index in [0.29, 0.717) is 28.9 Å². The van der Waals surface area contributed by atoms with E-state index in [4.69, 9.17) is 5.73 Å². The van der Waals surface area contributed by atoms with Crippen molar-refractivity contribution < 1.29 is 8.42 Å². The quantitative estimate of drug-likeness (QED) is 0.807. The Kier molecular flexibility index (Phi) is 6.54. The smallest absolute Gasteiger partial charge is 0.244 e. The Morgan fingerprint density at radius 2 is 1.96 bits per heavy atom. The number of nitrogens with zero attached hydrogens (tertiary/aromatic N) is 2. The van der Waals surface area contributed by atoms with Crippen LogP contribution in [-0.4, -0.2) is 45.9 Å². The fraction of sp³-hybridized carbons (Fsp3) is 0.600. The first-order valence-corrected chi connectivity index (χ1v) is 9.51. The highest BCUT2D eigenvalue weighted by atomic mass is 79.9. The maximum atomic E-state index is 13.0. The highest BCUT2D eigenvalue weighted by Gasteiger charge is 2.39. The Balaban J connectivity index is 0.00000264. The number of sulfonamides is 1. The standard InChI is InChI=1S/C15H24BrN3O2S.ClH/c1-15(2)10-19(8-7-14(15)17)22(20,21)13-9-11(18(3)4)5-6-12(13)16;/h5-6,9,14H,7-8,10,17H2,1-4H3;1H. The molecule has 23 heavy (non-hydrogen) atoms. The van der Waals surface area contributed by atoms with Gasteiger partial charge in [-0.1, -0.05) is 13.8 Å². The lowest BCUT2D eigenvalue weighted by atomic mass is 9.81. The average Bonchev–Trinajstić information content (AvgIpc) is 2.41. The molecule has 1 saturated heterocycles. The van der Waals surface area contributed by atoms with Crippen molar-refractivity contribution in [2.24, 2.45) is 11.1 Å². The molecule has 0 radical (unpaired) electrons. The fourth-order valence-corrected chi connectivity index (χ4v) is 5.21. The molecule has 1 atom stereocenters. The van der Waals surface area contributed by atoms with E-state index in [-0.39, 0.29) is 23.9 Å². The van der Waals surface area contributed by atoms with Crippen LogP contribution in [0.15, 0.2) is 27.6 Å². The number of anilines is 1. The van der Waals surface area contributed by atoms with E-state index >= 15 is 0 Å². The Hall–Kier alpha value is -0.340. The first-order chi connectivity index (χ1) is 10.1. The molecule has 2 rings (SSSR count). The van der Waals surface area contributed by atoms with Crippen LogP contribution >= 0.6 is 28.3 Å². The van der Waals surface area contributed by atoms with Crippen LogP contribution in [0.2, 0.25) is 0 Å². The van der Waals surface area contributed by atoms with E-state index in [9.17, 15) is 8.42 Å². The van der Waals surface area contributed by atoms with Crippen LogP contribution in [0.1, 0.15) is 20.3 Å². The molecule has 5 nitrogen and oxygen atoms in total. The summed E-state index contributed by atoms with van der Waals surface area (Å²) in [6.45, 7) is 4.94. The topological polar surface area (TPSA) is 66.6 Å². The van der Waals surface area contributed by atoms with Gasteiger partial charge in [-0.25, -0.2) is 8.42 Å². The largest absolute Gasteiger partial charge is 0.378 e. The van der Waals surface area contributed by atoms with Gasteiger partial charge in [0.15, 0.2) is 0 Å². The molecule has 1 heterocycles. The maximum Gasteiger partial charge on any atom is 0.244 e. The van der Waals surface area contributed by atoms with Gasteiger partial charge in [0.1, 0.15) is 0 Å². The summed E-state index contributed by atoms with van der Waals surface area (Å²) in [7, 11) is 0.244. The molecule has 1 aliphatic rings. The van der Waals surface area contributed by atoms with Gasteiger partial charge in [-0.15, -0.1) is 12.4 Å². The molecule has 2 N–H and O–H groups in total. The van der Waals surface area contributed by atoms with E-state index in [0.717, 1.165) is 5.69 Å². The lowest BCUT2D eigenvalue weighted by molar-refractivity contribution is 0.155. The van der Waals surface area contributed by atoms with E-state index in [1.165, 1.54) is 0 Å². The first kappa shape index (κ1) is 20.7. The van der Waals surface area contributed by atoms with E-state index in [2.05, 4.69) is 15.9 Å². The first-order valence-electron chi connectivity index (χ1n) is 7.28. The SMILES string of the molecule is CN(C)c1ccc(Br)c(S(=O)(=O)N2CCC(N)C(C)(C)C2)c1.Cl. The van der Waals surface area contributed by atoms with Gasteiger partial charge < -0.3 is 10.6 Å². The zero-order chi connectivity index (χ0) is 16.7. The van der Waals surface area contributed by atoms with Crippen molar-refractivity contribution in [1.82, 2.24) is 4.31 Å². The van der Waals surface area contributed by atoms with Gasteiger partial charge in [-0.05, 0) is 46.0 Å². The van der Waals surface area contributed by atoms with Gasteiger partial charge in [0, 0.05) is 43.4 Å². The van der Waals surface area contributed by atoms with Gasteiger partial charge in [0.2, 0.25) is 10.0 Å². The van der Waals surface area contributed by atoms with Gasteiger partial charge in [0.25, 0.3) is 0 Å². The molecule has 0 saturated carbocycles. The third-order valence-electron chi connectivity index (χ3n) is 4.33. The van der Waals surface area contributed by atoms with Gasteiger partial charge in [-0.3, -0.25) is 0 Å². The molecular weight excluding hydrogens is 402 g/mol. The summed E-state index contributed by atoms with van der Waals surface area (Å²) in [5.41, 5.74) is 6.74. The van der Waals surface area contributed by atoms with Crippen molar-refractivity contribution in [3.05, 3.63) is 22.7 Å². The van der Waals surface area contributed by atoms with Crippen molar-refractivity contribution in [2.75, 3.05) is 32.1 Å². The average molecular weight is 427 g/mol. The third-order valence-corrected chi connectivity index (χ3v) is 7.17. The summed E-state index contributed by atoms with van der Waals surface area (Å²) in [4.78, 5) is 2.20. The normalized spacial score (nSPS) is 21.6. The molecule has 1 aromatic rings. The second-order valence-electron chi connectivity index (χ2n) is 6.73. The molecule has 0 spiro atoms. The summed E-state index contributed by atoms with van der Waals surface area (Å²) in [5.74, 6) is 0. The minimum absolute atomic E-state index is 0. The zero-order valence-electron chi connectivity index (χ0n) is 13.9. The van der Waals surface area contributed by atoms with Gasteiger partial charge >= 0.3 is 0 Å². The maximum absolute atomic E-state index is 13.0. The molecule has 1 aliphatic heterocycles. The van der Waals surface area contributed by atoms with E-state index in [1.54, 1.807) is 16.4 Å². The van der Waals surface area contributed by atoms with Crippen LogP contribution < -0.4 is 10.6 Å². The summed E-state index contributed by atoms with van der Waals surface area (Å²) >= 11 is 3.37. The van der Waals surface area contributed by atoms with E-state index < -0.39 is 10.0 Å². The molecule has 0 aromatic heterocycles. The predicted octanol–water partition coefficient (Wildman–Crippen LogP) is 2.68. The zero-order valence-corrected chi connectivity index (χ0v) is 17.1. The van der Waals surface area contributed by atoms with Crippen molar-refractivity contribution in [1.29, 1.82) is 0 Å². The molecule has 1 fully saturated rings. The van der Waals surface area contributed by atoms with Crippen molar-refractivity contribution in [2.45, 2.75) is 31.2 Å². The summed E-state index contributed by atoms with van der Waals surface area (Å²) < 4.78 is 28.2. The van der Waals surface area contributed by atoms with Crippen LogP contribution in [0.5, 0.6) is 0 Å².